The van der Waals surface area contributed by atoms with Gasteiger partial charge in [0.05, 0.1) is 13.2 Å². The largest absolute Gasteiger partial charge is 0.452 e. The minimum atomic E-state index is -0.430. The Morgan fingerprint density at radius 3 is 2.41 bits per heavy atom. The zero-order valence-corrected chi connectivity index (χ0v) is 12.8. The number of hydrogen-bond acceptors (Lipinski definition) is 3. The summed E-state index contributed by atoms with van der Waals surface area (Å²) >= 11 is 0. The number of halogens is 1. The van der Waals surface area contributed by atoms with Crippen LogP contribution >= 0.6 is 0 Å². The molecule has 0 aromatic heterocycles. The van der Waals surface area contributed by atoms with E-state index < -0.39 is 6.09 Å². The summed E-state index contributed by atoms with van der Waals surface area (Å²) in [6, 6.07) is 13.8. The highest BCUT2D eigenvalue weighted by Gasteiger charge is 2.12. The molecule has 0 spiro atoms. The van der Waals surface area contributed by atoms with Gasteiger partial charge in [0.15, 0.2) is 0 Å². The number of carbonyl (C=O) groups excluding carboxylic acids is 1. The van der Waals surface area contributed by atoms with Crippen molar-refractivity contribution in [1.29, 1.82) is 0 Å². The van der Waals surface area contributed by atoms with E-state index in [0.29, 0.717) is 5.56 Å². The Bertz CT molecular complexity index is 643. The van der Waals surface area contributed by atoms with Gasteiger partial charge in [-0.3, -0.25) is 4.90 Å². The van der Waals surface area contributed by atoms with E-state index in [2.05, 4.69) is 10.1 Å². The number of rotatable bonds is 4. The highest BCUT2D eigenvalue weighted by Crippen LogP contribution is 2.23. The first kappa shape index (κ1) is 15.8. The maximum Gasteiger partial charge on any atom is 0.413 e. The van der Waals surface area contributed by atoms with Crippen molar-refractivity contribution >= 4 is 17.5 Å². The number of nitrogens with one attached hydrogen (secondary N) is 1. The third-order valence-electron chi connectivity index (χ3n) is 3.46. The van der Waals surface area contributed by atoms with Crippen molar-refractivity contribution in [3.8, 4) is 0 Å². The summed E-state index contributed by atoms with van der Waals surface area (Å²) in [4.78, 5) is 12.9. The minimum Gasteiger partial charge on any atom is -0.452 e. The molecule has 0 fully saturated rings. The molecule has 1 N–H and O–H groups in total. The van der Waals surface area contributed by atoms with E-state index in [0.717, 1.165) is 11.4 Å². The highest BCUT2D eigenvalue weighted by atomic mass is 19.1. The van der Waals surface area contributed by atoms with Crippen molar-refractivity contribution in [2.45, 2.75) is 13.0 Å². The molecular weight excluding hydrogens is 283 g/mol. The van der Waals surface area contributed by atoms with E-state index in [1.807, 2.05) is 25.1 Å². The van der Waals surface area contributed by atoms with Crippen LogP contribution < -0.4 is 10.2 Å². The van der Waals surface area contributed by atoms with Crippen molar-refractivity contribution in [3.63, 3.8) is 0 Å². The smallest absolute Gasteiger partial charge is 0.413 e. The Morgan fingerprint density at radius 1 is 1.18 bits per heavy atom. The second-order valence-electron chi connectivity index (χ2n) is 4.96. The lowest BCUT2D eigenvalue weighted by Gasteiger charge is -2.18. The summed E-state index contributed by atoms with van der Waals surface area (Å²) in [5, 5.41) is 3.23. The number of nitrogens with zero attached hydrogens (tertiary/aromatic N) is 1. The Balaban J connectivity index is 2.08. The molecule has 0 radical (unpaired) electrons. The van der Waals surface area contributed by atoms with Crippen LogP contribution in [0.2, 0.25) is 0 Å². The zero-order valence-electron chi connectivity index (χ0n) is 12.8. The predicted molar refractivity (Wildman–Crippen MR) is 85.7 cm³/mol. The number of hydrogen-bond donors (Lipinski definition) is 1. The van der Waals surface area contributed by atoms with Gasteiger partial charge in [-0.25, -0.2) is 9.18 Å². The normalized spacial score (nSPS) is 11.6. The molecule has 5 heteroatoms. The third-order valence-corrected chi connectivity index (χ3v) is 3.46. The van der Waals surface area contributed by atoms with Crippen LogP contribution in [0.3, 0.4) is 0 Å². The predicted octanol–water partition coefficient (Wildman–Crippen LogP) is 4.20. The average molecular weight is 302 g/mol. The topological polar surface area (TPSA) is 41.6 Å². The van der Waals surface area contributed by atoms with E-state index in [9.17, 15) is 9.18 Å². The van der Waals surface area contributed by atoms with E-state index in [-0.39, 0.29) is 11.9 Å². The Morgan fingerprint density at radius 2 is 1.82 bits per heavy atom. The van der Waals surface area contributed by atoms with Crippen LogP contribution in [0, 0.1) is 5.82 Å². The quantitative estimate of drug-likeness (QED) is 0.920. The van der Waals surface area contributed by atoms with Crippen LogP contribution in [-0.2, 0) is 4.74 Å². The molecule has 1 atom stereocenters. The summed E-state index contributed by atoms with van der Waals surface area (Å²) in [5.74, 6) is -0.232. The molecule has 22 heavy (non-hydrogen) atoms. The summed E-state index contributed by atoms with van der Waals surface area (Å²) in [6.07, 6.45) is -0.430. The maximum absolute atomic E-state index is 13.7. The molecule has 4 nitrogen and oxygen atoms in total. The van der Waals surface area contributed by atoms with Crippen LogP contribution in [0.1, 0.15) is 18.5 Å². The molecule has 116 valence electrons. The van der Waals surface area contributed by atoms with Gasteiger partial charge in [0, 0.05) is 24.0 Å². The standard InChI is InChI=1S/C17H19FN2O2/c1-12(15-6-4-5-7-16(15)18)19-13-8-10-14(11-9-13)20(2)17(21)22-3/h4-12,19H,1-3H3/t12-/m1/s1. The molecule has 2 rings (SSSR count). The molecule has 0 saturated carbocycles. The second-order valence-corrected chi connectivity index (χ2v) is 4.96. The number of ether oxygens (including phenoxy) is 1. The molecule has 0 saturated heterocycles. The van der Waals surface area contributed by atoms with Gasteiger partial charge in [-0.1, -0.05) is 18.2 Å². The molecular formula is C17H19FN2O2. The van der Waals surface area contributed by atoms with Gasteiger partial charge < -0.3 is 10.1 Å². The summed E-state index contributed by atoms with van der Waals surface area (Å²) in [7, 11) is 2.97. The van der Waals surface area contributed by atoms with Crippen LogP contribution in [-0.4, -0.2) is 20.3 Å². The first-order chi connectivity index (χ1) is 10.5. The van der Waals surface area contributed by atoms with E-state index >= 15 is 0 Å². The maximum atomic E-state index is 13.7. The van der Waals surface area contributed by atoms with Crippen LogP contribution in [0.15, 0.2) is 48.5 Å². The number of amides is 1. The minimum absolute atomic E-state index is 0.162. The van der Waals surface area contributed by atoms with E-state index in [1.54, 1.807) is 31.3 Å². The van der Waals surface area contributed by atoms with Gasteiger partial charge in [-0.2, -0.15) is 0 Å². The van der Waals surface area contributed by atoms with E-state index in [4.69, 9.17) is 0 Å². The second kappa shape index (κ2) is 6.93. The van der Waals surface area contributed by atoms with Crippen molar-refractivity contribution < 1.29 is 13.9 Å². The fraction of sp³-hybridized carbons (Fsp3) is 0.235. The SMILES string of the molecule is COC(=O)N(C)c1ccc(N[C@H](C)c2ccccc2F)cc1. The Hall–Kier alpha value is -2.56. The van der Waals surface area contributed by atoms with Crippen molar-refractivity contribution in [3.05, 3.63) is 59.9 Å². The number of benzene rings is 2. The van der Waals surface area contributed by atoms with Gasteiger partial charge in [0.1, 0.15) is 5.82 Å². The van der Waals surface area contributed by atoms with Gasteiger partial charge >= 0.3 is 6.09 Å². The summed E-state index contributed by atoms with van der Waals surface area (Å²) in [6.45, 7) is 1.90. The Kier molecular flexibility index (Phi) is 4.99. The summed E-state index contributed by atoms with van der Waals surface area (Å²) < 4.78 is 18.4. The van der Waals surface area contributed by atoms with Crippen molar-refractivity contribution in [2.24, 2.45) is 0 Å². The number of methoxy groups -OCH3 is 1. The average Bonchev–Trinajstić information content (AvgIpc) is 2.54. The molecule has 0 aliphatic rings. The van der Waals surface area contributed by atoms with Crippen LogP contribution in [0.5, 0.6) is 0 Å². The van der Waals surface area contributed by atoms with Gasteiger partial charge in [0.2, 0.25) is 0 Å². The molecule has 1 amide bonds. The summed E-state index contributed by atoms with van der Waals surface area (Å²) in [5.41, 5.74) is 2.17. The van der Waals surface area contributed by atoms with Gasteiger partial charge in [-0.05, 0) is 37.3 Å². The van der Waals surface area contributed by atoms with Crippen molar-refractivity contribution in [2.75, 3.05) is 24.4 Å². The van der Waals surface area contributed by atoms with Crippen molar-refractivity contribution in [1.82, 2.24) is 0 Å². The lowest BCUT2D eigenvalue weighted by Crippen LogP contribution is -2.25. The monoisotopic (exact) mass is 302 g/mol. The zero-order chi connectivity index (χ0) is 16.1. The molecule has 0 unspecified atom stereocenters. The third kappa shape index (κ3) is 3.55. The highest BCUT2D eigenvalue weighted by molar-refractivity contribution is 5.87. The van der Waals surface area contributed by atoms with Gasteiger partial charge in [0.25, 0.3) is 0 Å². The molecule has 0 bridgehead atoms. The van der Waals surface area contributed by atoms with Crippen LogP contribution in [0.4, 0.5) is 20.6 Å². The van der Waals surface area contributed by atoms with E-state index in [1.165, 1.54) is 18.1 Å². The fourth-order valence-electron chi connectivity index (χ4n) is 2.18. The lowest BCUT2D eigenvalue weighted by atomic mass is 10.1. The molecule has 0 heterocycles. The number of anilines is 2. The first-order valence-electron chi connectivity index (χ1n) is 6.95. The first-order valence-corrected chi connectivity index (χ1v) is 6.95. The molecule has 0 aliphatic heterocycles. The Labute approximate surface area is 129 Å². The molecule has 2 aromatic carbocycles. The van der Waals surface area contributed by atoms with Crippen LogP contribution in [0.25, 0.3) is 0 Å². The fourth-order valence-corrected chi connectivity index (χ4v) is 2.18. The molecule has 0 aliphatic carbocycles. The van der Waals surface area contributed by atoms with Gasteiger partial charge in [-0.15, -0.1) is 0 Å². The molecule has 2 aromatic rings. The number of carbonyl (C=O) groups is 1. The lowest BCUT2D eigenvalue weighted by molar-refractivity contribution is 0.180.